The summed E-state index contributed by atoms with van der Waals surface area (Å²) >= 11 is 0. The molecule has 2 aromatic carbocycles. The lowest BCUT2D eigenvalue weighted by Crippen LogP contribution is -2.41. The van der Waals surface area contributed by atoms with Crippen molar-refractivity contribution in [3.8, 4) is 0 Å². The van der Waals surface area contributed by atoms with Crippen molar-refractivity contribution in [2.75, 3.05) is 5.75 Å². The molecule has 0 spiro atoms. The zero-order chi connectivity index (χ0) is 18.1. The van der Waals surface area contributed by atoms with Gasteiger partial charge < -0.3 is 10.4 Å². The molecule has 0 aliphatic carbocycles. The number of hydrogen-bond acceptors (Lipinski definition) is 3. The molecule has 5 nitrogen and oxygen atoms in total. The lowest BCUT2D eigenvalue weighted by molar-refractivity contribution is -0.141. The van der Waals surface area contributed by atoms with Gasteiger partial charge in [-0.25, -0.2) is 4.79 Å². The lowest BCUT2D eigenvalue weighted by atomic mass is 10.1. The summed E-state index contributed by atoms with van der Waals surface area (Å²) in [7, 11) is -1.28. The molecule has 0 heterocycles. The van der Waals surface area contributed by atoms with Crippen molar-refractivity contribution in [2.24, 2.45) is 0 Å². The van der Waals surface area contributed by atoms with E-state index in [4.69, 9.17) is 0 Å². The van der Waals surface area contributed by atoms with Crippen LogP contribution < -0.4 is 5.32 Å². The molecule has 1 amide bonds. The molecule has 0 unspecified atom stereocenters. The summed E-state index contributed by atoms with van der Waals surface area (Å²) in [5, 5.41) is 11.8. The number of aryl methyl sites for hydroxylation is 1. The molecule has 2 aromatic rings. The van der Waals surface area contributed by atoms with Crippen LogP contribution in [0.1, 0.15) is 18.4 Å². The van der Waals surface area contributed by atoms with E-state index in [1.807, 2.05) is 36.4 Å². The number of amides is 1. The first kappa shape index (κ1) is 18.9. The number of carbonyl (C=O) groups excluding carboxylic acids is 1. The van der Waals surface area contributed by atoms with Crippen LogP contribution >= 0.6 is 0 Å². The Kier molecular flexibility index (Phi) is 7.35. The van der Waals surface area contributed by atoms with Crippen LogP contribution in [-0.2, 0) is 26.8 Å². The van der Waals surface area contributed by atoms with E-state index in [0.717, 1.165) is 5.56 Å². The largest absolute Gasteiger partial charge is 0.480 e. The molecular weight excluding hydrogens is 338 g/mol. The monoisotopic (exact) mass is 359 g/mol. The number of carbonyl (C=O) groups is 2. The molecule has 6 heteroatoms. The molecule has 0 radical (unpaired) electrons. The summed E-state index contributed by atoms with van der Waals surface area (Å²) in [6.45, 7) is 0. The first-order valence-electron chi connectivity index (χ1n) is 8.06. The van der Waals surface area contributed by atoms with E-state index in [2.05, 4.69) is 5.32 Å². The number of benzene rings is 2. The molecular formula is C19H21NO4S. The highest BCUT2D eigenvalue weighted by Crippen LogP contribution is 2.08. The van der Waals surface area contributed by atoms with Gasteiger partial charge in [0.1, 0.15) is 6.04 Å². The van der Waals surface area contributed by atoms with Crippen molar-refractivity contribution in [2.45, 2.75) is 30.2 Å². The number of carboxylic acids is 1. The molecule has 2 N–H and O–H groups in total. The highest BCUT2D eigenvalue weighted by Gasteiger charge is 2.20. The molecule has 0 fully saturated rings. The highest BCUT2D eigenvalue weighted by molar-refractivity contribution is 7.85. The third-order valence-corrected chi connectivity index (χ3v) is 5.12. The number of rotatable bonds is 9. The Hall–Kier alpha value is -2.47. The Labute approximate surface area is 149 Å². The van der Waals surface area contributed by atoms with Crippen LogP contribution in [0.5, 0.6) is 0 Å². The first-order valence-corrected chi connectivity index (χ1v) is 9.37. The molecule has 0 bridgehead atoms. The predicted molar refractivity (Wildman–Crippen MR) is 96.7 cm³/mol. The molecule has 0 saturated carbocycles. The maximum atomic E-state index is 12.2. The van der Waals surface area contributed by atoms with Crippen LogP contribution in [0, 0.1) is 0 Å². The Morgan fingerprint density at radius 3 is 2.20 bits per heavy atom. The summed E-state index contributed by atoms with van der Waals surface area (Å²) < 4.78 is 12.2. The van der Waals surface area contributed by atoms with E-state index < -0.39 is 22.8 Å². The third-order valence-electron chi connectivity index (χ3n) is 3.71. The number of hydrogen-bond donors (Lipinski definition) is 2. The summed E-state index contributed by atoms with van der Waals surface area (Å²) in [5.74, 6) is -1.25. The third kappa shape index (κ3) is 6.51. The van der Waals surface area contributed by atoms with Gasteiger partial charge in [0, 0.05) is 17.1 Å². The molecule has 0 aliphatic rings. The van der Waals surface area contributed by atoms with Gasteiger partial charge in [-0.15, -0.1) is 0 Å². The van der Waals surface area contributed by atoms with Gasteiger partial charge in [-0.05, 0) is 30.5 Å². The maximum absolute atomic E-state index is 12.2. The number of nitrogens with one attached hydrogen (secondary N) is 1. The van der Waals surface area contributed by atoms with Gasteiger partial charge in [-0.2, -0.15) is 0 Å². The standard InChI is InChI=1S/C19H21NO4S/c21-18(12-11-15-7-3-1-4-8-15)20-17(19(22)23)13-14-25(24)16-9-5-2-6-10-16/h1-10,17H,11-14H2,(H,20,21)(H,22,23)/t17-,25-/m1/s1. The molecule has 25 heavy (non-hydrogen) atoms. The van der Waals surface area contributed by atoms with Crippen LogP contribution in [0.15, 0.2) is 65.6 Å². The first-order chi connectivity index (χ1) is 12.1. The minimum absolute atomic E-state index is 0.119. The molecule has 2 atom stereocenters. The fraction of sp³-hybridized carbons (Fsp3) is 0.263. The minimum atomic E-state index is -1.28. The average molecular weight is 359 g/mol. The van der Waals surface area contributed by atoms with E-state index in [0.29, 0.717) is 11.3 Å². The summed E-state index contributed by atoms with van der Waals surface area (Å²) in [4.78, 5) is 24.0. The van der Waals surface area contributed by atoms with E-state index >= 15 is 0 Å². The van der Waals surface area contributed by atoms with Crippen LogP contribution in [0.2, 0.25) is 0 Å². The van der Waals surface area contributed by atoms with E-state index in [9.17, 15) is 18.9 Å². The Balaban J connectivity index is 1.82. The lowest BCUT2D eigenvalue weighted by Gasteiger charge is -2.14. The molecule has 0 aromatic heterocycles. The second kappa shape index (κ2) is 9.74. The quantitative estimate of drug-likeness (QED) is 0.720. The van der Waals surface area contributed by atoms with Crippen LogP contribution in [0.3, 0.4) is 0 Å². The normalized spacial score (nSPS) is 13.0. The van der Waals surface area contributed by atoms with Crippen LogP contribution in [-0.4, -0.2) is 33.0 Å². The average Bonchev–Trinajstić information content (AvgIpc) is 2.64. The molecule has 2 rings (SSSR count). The van der Waals surface area contributed by atoms with E-state index in [-0.39, 0.29) is 24.5 Å². The molecule has 0 saturated heterocycles. The number of aliphatic carboxylic acids is 1. The van der Waals surface area contributed by atoms with Crippen molar-refractivity contribution in [3.05, 3.63) is 66.2 Å². The number of carboxylic acid groups (broad SMARTS) is 1. The van der Waals surface area contributed by atoms with Gasteiger partial charge in [0.15, 0.2) is 0 Å². The Morgan fingerprint density at radius 1 is 1.00 bits per heavy atom. The van der Waals surface area contributed by atoms with Crippen molar-refractivity contribution in [1.82, 2.24) is 5.32 Å². The van der Waals surface area contributed by atoms with Crippen LogP contribution in [0.4, 0.5) is 0 Å². The van der Waals surface area contributed by atoms with Gasteiger partial charge in [-0.3, -0.25) is 9.00 Å². The van der Waals surface area contributed by atoms with Crippen molar-refractivity contribution in [1.29, 1.82) is 0 Å². The Morgan fingerprint density at radius 2 is 1.60 bits per heavy atom. The van der Waals surface area contributed by atoms with Gasteiger partial charge in [0.05, 0.1) is 10.8 Å². The SMILES string of the molecule is O=C(CCc1ccccc1)N[C@H](CC[S@@](=O)c1ccccc1)C(=O)O. The second-order valence-electron chi connectivity index (χ2n) is 5.60. The van der Waals surface area contributed by atoms with Gasteiger partial charge in [-0.1, -0.05) is 48.5 Å². The van der Waals surface area contributed by atoms with Crippen molar-refractivity contribution >= 4 is 22.7 Å². The summed E-state index contributed by atoms with van der Waals surface area (Å²) in [6, 6.07) is 17.4. The van der Waals surface area contributed by atoms with E-state index in [1.54, 1.807) is 24.3 Å². The topological polar surface area (TPSA) is 83.5 Å². The fourth-order valence-electron chi connectivity index (χ4n) is 2.34. The van der Waals surface area contributed by atoms with Gasteiger partial charge >= 0.3 is 5.97 Å². The zero-order valence-corrected chi connectivity index (χ0v) is 14.6. The van der Waals surface area contributed by atoms with E-state index in [1.165, 1.54) is 0 Å². The Bertz CT molecular complexity index is 719. The summed E-state index contributed by atoms with van der Waals surface area (Å²) in [6.07, 6.45) is 0.887. The van der Waals surface area contributed by atoms with Gasteiger partial charge in [0.2, 0.25) is 5.91 Å². The van der Waals surface area contributed by atoms with Crippen molar-refractivity contribution < 1.29 is 18.9 Å². The fourth-order valence-corrected chi connectivity index (χ4v) is 3.49. The zero-order valence-electron chi connectivity index (χ0n) is 13.8. The highest BCUT2D eigenvalue weighted by atomic mass is 32.2. The van der Waals surface area contributed by atoms with Gasteiger partial charge in [0.25, 0.3) is 0 Å². The smallest absolute Gasteiger partial charge is 0.326 e. The molecule has 132 valence electrons. The van der Waals surface area contributed by atoms with Crippen molar-refractivity contribution in [3.63, 3.8) is 0 Å². The maximum Gasteiger partial charge on any atom is 0.326 e. The van der Waals surface area contributed by atoms with Crippen LogP contribution in [0.25, 0.3) is 0 Å². The summed E-state index contributed by atoms with van der Waals surface area (Å²) in [5.41, 5.74) is 1.02. The second-order valence-corrected chi connectivity index (χ2v) is 7.17. The minimum Gasteiger partial charge on any atom is -0.480 e. The predicted octanol–water partition coefficient (Wildman–Crippen LogP) is 2.39. The molecule has 0 aliphatic heterocycles.